The van der Waals surface area contributed by atoms with Gasteiger partial charge in [0.1, 0.15) is 5.75 Å². The van der Waals surface area contributed by atoms with Crippen LogP contribution < -0.4 is 10.1 Å². The van der Waals surface area contributed by atoms with Gasteiger partial charge in [-0.15, -0.1) is 0 Å². The molecule has 1 unspecified atom stereocenters. The third-order valence-electron chi connectivity index (χ3n) is 3.13. The van der Waals surface area contributed by atoms with Gasteiger partial charge in [0.05, 0.1) is 11.6 Å². The van der Waals surface area contributed by atoms with Crippen LogP contribution in [0.4, 0.5) is 0 Å². The molecule has 0 spiro atoms. The molecule has 2 rings (SSSR count). The third kappa shape index (κ3) is 3.99. The Morgan fingerprint density at radius 3 is 3.05 bits per heavy atom. The minimum absolute atomic E-state index is 0.251. The van der Waals surface area contributed by atoms with Crippen LogP contribution in [0.15, 0.2) is 12.1 Å². The lowest BCUT2D eigenvalue weighted by Crippen LogP contribution is -2.28. The normalized spacial score (nSPS) is 17.9. The maximum absolute atomic E-state index is 6.16. The minimum atomic E-state index is 0.251. The van der Waals surface area contributed by atoms with Gasteiger partial charge in [-0.25, -0.2) is 0 Å². The van der Waals surface area contributed by atoms with E-state index in [0.29, 0.717) is 16.7 Å². The van der Waals surface area contributed by atoms with Crippen LogP contribution >= 0.6 is 23.2 Å². The Morgan fingerprint density at radius 2 is 2.26 bits per heavy atom. The Morgan fingerprint density at radius 1 is 1.42 bits per heavy atom. The summed E-state index contributed by atoms with van der Waals surface area (Å²) in [6.45, 7) is 5.15. The maximum atomic E-state index is 6.16. The molecule has 19 heavy (non-hydrogen) atoms. The second-order valence-electron chi connectivity index (χ2n) is 4.50. The molecule has 1 N–H and O–H groups in total. The van der Waals surface area contributed by atoms with Gasteiger partial charge in [-0.1, -0.05) is 23.2 Å². The molecular weight excluding hydrogens is 285 g/mol. The fourth-order valence-corrected chi connectivity index (χ4v) is 2.80. The first-order valence-electron chi connectivity index (χ1n) is 6.65. The summed E-state index contributed by atoms with van der Waals surface area (Å²) >= 11 is 12.2. The number of hydrogen-bond donors (Lipinski definition) is 1. The van der Waals surface area contributed by atoms with E-state index in [0.717, 1.165) is 43.9 Å². The molecule has 3 nitrogen and oxygen atoms in total. The molecule has 0 aromatic heterocycles. The third-order valence-corrected chi connectivity index (χ3v) is 3.62. The van der Waals surface area contributed by atoms with Crippen molar-refractivity contribution in [2.45, 2.75) is 25.8 Å². The lowest BCUT2D eigenvalue weighted by molar-refractivity contribution is 0.143. The molecule has 0 saturated carbocycles. The molecule has 1 aliphatic rings. The van der Waals surface area contributed by atoms with E-state index in [1.54, 1.807) is 6.07 Å². The van der Waals surface area contributed by atoms with Crippen molar-refractivity contribution < 1.29 is 9.47 Å². The van der Waals surface area contributed by atoms with E-state index in [9.17, 15) is 0 Å². The van der Waals surface area contributed by atoms with Crippen LogP contribution in [0, 0.1) is 0 Å². The second-order valence-corrected chi connectivity index (χ2v) is 5.34. The number of nitrogens with one attached hydrogen (secondary N) is 1. The summed E-state index contributed by atoms with van der Waals surface area (Å²) in [4.78, 5) is 0. The molecule has 1 aromatic carbocycles. The highest BCUT2D eigenvalue weighted by Gasteiger charge is 2.23. The lowest BCUT2D eigenvalue weighted by atomic mass is 10.0. The zero-order valence-corrected chi connectivity index (χ0v) is 12.6. The average molecular weight is 304 g/mol. The number of hydrogen-bond acceptors (Lipinski definition) is 3. The molecule has 0 radical (unpaired) electrons. The molecular formula is C14H19Cl2NO2. The Bertz CT molecular complexity index is 426. The van der Waals surface area contributed by atoms with E-state index >= 15 is 0 Å². The van der Waals surface area contributed by atoms with Crippen molar-refractivity contribution in [3.05, 3.63) is 27.7 Å². The molecule has 0 aliphatic carbocycles. The minimum Gasteiger partial charge on any atom is -0.492 e. The van der Waals surface area contributed by atoms with Crippen molar-refractivity contribution in [1.29, 1.82) is 0 Å². The van der Waals surface area contributed by atoms with Crippen molar-refractivity contribution >= 4 is 23.2 Å². The number of ether oxygens (including phenoxy) is 2. The fourth-order valence-electron chi connectivity index (χ4n) is 2.23. The molecule has 0 fully saturated rings. The van der Waals surface area contributed by atoms with Gasteiger partial charge in [-0.3, -0.25) is 0 Å². The molecule has 1 heterocycles. The van der Waals surface area contributed by atoms with Crippen molar-refractivity contribution in [3.8, 4) is 5.75 Å². The summed E-state index contributed by atoms with van der Waals surface area (Å²) in [5.41, 5.74) is 1.06. The molecule has 0 amide bonds. The predicted molar refractivity (Wildman–Crippen MR) is 78.4 cm³/mol. The van der Waals surface area contributed by atoms with Crippen molar-refractivity contribution in [3.63, 3.8) is 0 Å². The van der Waals surface area contributed by atoms with E-state index in [4.69, 9.17) is 32.7 Å². The van der Waals surface area contributed by atoms with Gasteiger partial charge in [0.2, 0.25) is 0 Å². The highest BCUT2D eigenvalue weighted by molar-refractivity contribution is 6.35. The summed E-state index contributed by atoms with van der Waals surface area (Å²) in [6.07, 6.45) is 1.92. The number of rotatable bonds is 6. The molecule has 1 aromatic rings. The van der Waals surface area contributed by atoms with Gasteiger partial charge < -0.3 is 14.8 Å². The van der Waals surface area contributed by atoms with Crippen LogP contribution in [0.1, 0.15) is 31.4 Å². The largest absolute Gasteiger partial charge is 0.492 e. The lowest BCUT2D eigenvalue weighted by Gasteiger charge is -2.27. The van der Waals surface area contributed by atoms with Crippen LogP contribution in [0.2, 0.25) is 10.0 Å². The van der Waals surface area contributed by atoms with Gasteiger partial charge in [0.25, 0.3) is 0 Å². The maximum Gasteiger partial charge on any atom is 0.142 e. The summed E-state index contributed by atoms with van der Waals surface area (Å²) in [7, 11) is 0. The highest BCUT2D eigenvalue weighted by Crippen LogP contribution is 2.39. The van der Waals surface area contributed by atoms with Crippen LogP contribution in [0.25, 0.3) is 0 Å². The van der Waals surface area contributed by atoms with E-state index in [1.165, 1.54) is 0 Å². The smallest absolute Gasteiger partial charge is 0.142 e. The number of halogens is 2. The van der Waals surface area contributed by atoms with Crippen LogP contribution in [0.3, 0.4) is 0 Å². The number of benzene rings is 1. The van der Waals surface area contributed by atoms with Gasteiger partial charge in [0.15, 0.2) is 0 Å². The van der Waals surface area contributed by atoms with Gasteiger partial charge in [-0.2, -0.15) is 0 Å². The number of fused-ring (bicyclic) bond motifs is 1. The van der Waals surface area contributed by atoms with Gasteiger partial charge >= 0.3 is 0 Å². The molecule has 0 saturated heterocycles. The van der Waals surface area contributed by atoms with Crippen LogP contribution in [-0.4, -0.2) is 26.4 Å². The fraction of sp³-hybridized carbons (Fsp3) is 0.571. The molecule has 106 valence electrons. The summed E-state index contributed by atoms with van der Waals surface area (Å²) in [5.74, 6) is 0.764. The van der Waals surface area contributed by atoms with E-state index < -0.39 is 0 Å². The van der Waals surface area contributed by atoms with E-state index in [-0.39, 0.29) is 6.04 Å². The zero-order valence-electron chi connectivity index (χ0n) is 11.0. The van der Waals surface area contributed by atoms with Gasteiger partial charge in [0, 0.05) is 36.3 Å². The van der Waals surface area contributed by atoms with Crippen molar-refractivity contribution in [2.75, 3.05) is 26.4 Å². The molecule has 5 heteroatoms. The first-order valence-corrected chi connectivity index (χ1v) is 7.41. The Hall–Kier alpha value is -0.480. The second kappa shape index (κ2) is 7.34. The summed E-state index contributed by atoms with van der Waals surface area (Å²) in [6, 6.07) is 3.91. The summed E-state index contributed by atoms with van der Waals surface area (Å²) in [5, 5.41) is 4.75. The van der Waals surface area contributed by atoms with E-state index in [2.05, 4.69) is 5.32 Å². The first-order chi connectivity index (χ1) is 9.22. The zero-order chi connectivity index (χ0) is 13.7. The Kier molecular flexibility index (Phi) is 5.76. The highest BCUT2D eigenvalue weighted by atomic mass is 35.5. The topological polar surface area (TPSA) is 30.5 Å². The first kappa shape index (κ1) is 14.9. The SMILES string of the molecule is CCOCCCNC1CCOc2c(Cl)cc(Cl)cc21. The average Bonchev–Trinajstić information content (AvgIpc) is 2.39. The van der Waals surface area contributed by atoms with Crippen LogP contribution in [0.5, 0.6) is 5.75 Å². The van der Waals surface area contributed by atoms with Crippen LogP contribution in [-0.2, 0) is 4.74 Å². The molecule has 1 atom stereocenters. The molecule has 0 bridgehead atoms. The monoisotopic (exact) mass is 303 g/mol. The predicted octanol–water partition coefficient (Wildman–Crippen LogP) is 3.83. The standard InChI is InChI=1S/C14H19Cl2NO2/c1-2-18-6-3-5-17-13-4-7-19-14-11(13)8-10(15)9-12(14)16/h8-9,13,17H,2-7H2,1H3. The van der Waals surface area contributed by atoms with Crippen molar-refractivity contribution in [1.82, 2.24) is 5.32 Å². The summed E-state index contributed by atoms with van der Waals surface area (Å²) < 4.78 is 11.0. The van der Waals surface area contributed by atoms with Crippen molar-refractivity contribution in [2.24, 2.45) is 0 Å². The Labute approximate surface area is 124 Å². The molecule has 1 aliphatic heterocycles. The quantitative estimate of drug-likeness (QED) is 0.810. The van der Waals surface area contributed by atoms with E-state index in [1.807, 2.05) is 13.0 Å². The van der Waals surface area contributed by atoms with Gasteiger partial charge in [-0.05, 0) is 32.0 Å². The Balaban J connectivity index is 1.97.